The molecule has 3 nitrogen and oxygen atoms in total. The van der Waals surface area contributed by atoms with E-state index in [2.05, 4.69) is 26.1 Å². The van der Waals surface area contributed by atoms with Crippen molar-refractivity contribution in [1.29, 1.82) is 0 Å². The van der Waals surface area contributed by atoms with Crippen LogP contribution in [0.1, 0.15) is 53.9 Å². The zero-order valence-electron chi connectivity index (χ0n) is 12.4. The van der Waals surface area contributed by atoms with Gasteiger partial charge in [-0.25, -0.2) is 0 Å². The molecule has 2 rings (SSSR count). The minimum atomic E-state index is -0.630. The highest BCUT2D eigenvalue weighted by Gasteiger charge is 2.56. The van der Waals surface area contributed by atoms with Crippen LogP contribution in [0.3, 0.4) is 0 Å². The second kappa shape index (κ2) is 4.61. The summed E-state index contributed by atoms with van der Waals surface area (Å²) in [5.74, 6) is 1.01. The third kappa shape index (κ3) is 2.35. The van der Waals surface area contributed by atoms with Gasteiger partial charge in [-0.3, -0.25) is 4.79 Å². The number of hydrogen-bond acceptors (Lipinski definition) is 3. The molecular weight excluding hydrogens is 226 g/mol. The number of carbonyl (C=O) groups excluding carboxylic acids is 1. The van der Waals surface area contributed by atoms with E-state index in [9.17, 15) is 4.79 Å². The maximum absolute atomic E-state index is 12.6. The molecule has 3 heteroatoms. The molecule has 0 spiro atoms. The standard InChI is InChI=1S/C15H27NO2/c1-6-10-7-8-16-11(9-10)12-13(17)15(4,5)18-14(12,2)3/h10-12,16H,6-9H2,1-5H3. The molecule has 2 fully saturated rings. The van der Waals surface area contributed by atoms with E-state index < -0.39 is 5.60 Å². The third-order valence-corrected chi connectivity index (χ3v) is 4.67. The normalized spacial score (nSPS) is 38.9. The Labute approximate surface area is 111 Å². The molecule has 0 amide bonds. The molecule has 1 N–H and O–H groups in total. The van der Waals surface area contributed by atoms with Gasteiger partial charge in [0.1, 0.15) is 5.60 Å². The lowest BCUT2D eigenvalue weighted by atomic mass is 9.75. The maximum Gasteiger partial charge on any atom is 0.171 e. The van der Waals surface area contributed by atoms with Crippen molar-refractivity contribution < 1.29 is 9.53 Å². The molecule has 0 aromatic carbocycles. The fraction of sp³-hybridized carbons (Fsp3) is 0.933. The van der Waals surface area contributed by atoms with Gasteiger partial charge in [0.05, 0.1) is 11.5 Å². The molecule has 0 aliphatic carbocycles. The van der Waals surface area contributed by atoms with Crippen LogP contribution in [-0.4, -0.2) is 29.6 Å². The lowest BCUT2D eigenvalue weighted by Crippen LogP contribution is -2.51. The summed E-state index contributed by atoms with van der Waals surface area (Å²) in [5, 5.41) is 3.55. The summed E-state index contributed by atoms with van der Waals surface area (Å²) in [7, 11) is 0. The van der Waals surface area contributed by atoms with E-state index in [0.29, 0.717) is 0 Å². The van der Waals surface area contributed by atoms with E-state index in [1.807, 2.05) is 13.8 Å². The van der Waals surface area contributed by atoms with E-state index in [4.69, 9.17) is 4.74 Å². The Bertz CT molecular complexity index is 335. The summed E-state index contributed by atoms with van der Waals surface area (Å²) in [6.07, 6.45) is 3.55. The van der Waals surface area contributed by atoms with Crippen molar-refractivity contribution in [1.82, 2.24) is 5.32 Å². The van der Waals surface area contributed by atoms with Crippen LogP contribution in [0.15, 0.2) is 0 Å². The summed E-state index contributed by atoms with van der Waals surface area (Å²) in [5.41, 5.74) is -0.983. The SMILES string of the molecule is CCC1CCNC(C2C(=O)C(C)(C)OC2(C)C)C1. The van der Waals surface area contributed by atoms with E-state index in [1.165, 1.54) is 12.8 Å². The average Bonchev–Trinajstić information content (AvgIpc) is 2.43. The Morgan fingerprint density at radius 1 is 1.33 bits per heavy atom. The monoisotopic (exact) mass is 253 g/mol. The van der Waals surface area contributed by atoms with Crippen molar-refractivity contribution in [3.63, 3.8) is 0 Å². The molecule has 0 aromatic rings. The van der Waals surface area contributed by atoms with Gasteiger partial charge in [-0.15, -0.1) is 0 Å². The van der Waals surface area contributed by atoms with Crippen molar-refractivity contribution in [2.45, 2.75) is 71.1 Å². The molecule has 2 saturated heterocycles. The number of carbonyl (C=O) groups is 1. The molecule has 0 aromatic heterocycles. The molecule has 2 heterocycles. The first-order valence-corrected chi connectivity index (χ1v) is 7.26. The summed E-state index contributed by atoms with van der Waals surface area (Å²) in [6.45, 7) is 11.2. The Balaban J connectivity index is 2.18. The van der Waals surface area contributed by atoms with Gasteiger partial charge in [-0.05, 0) is 53.0 Å². The van der Waals surface area contributed by atoms with Crippen LogP contribution >= 0.6 is 0 Å². The molecule has 0 radical (unpaired) electrons. The minimum absolute atomic E-state index is 0.0122. The second-order valence-corrected chi connectivity index (χ2v) is 6.92. The van der Waals surface area contributed by atoms with Crippen LogP contribution in [0, 0.1) is 11.8 Å². The third-order valence-electron chi connectivity index (χ3n) is 4.67. The molecule has 18 heavy (non-hydrogen) atoms. The average molecular weight is 253 g/mol. The maximum atomic E-state index is 12.6. The number of ketones is 1. The molecule has 0 saturated carbocycles. The van der Waals surface area contributed by atoms with Gasteiger partial charge in [-0.1, -0.05) is 13.3 Å². The summed E-state index contributed by atoms with van der Waals surface area (Å²) in [6, 6.07) is 0.285. The van der Waals surface area contributed by atoms with E-state index >= 15 is 0 Å². The fourth-order valence-corrected chi connectivity index (χ4v) is 3.79. The van der Waals surface area contributed by atoms with E-state index in [1.54, 1.807) is 0 Å². The Morgan fingerprint density at radius 3 is 2.50 bits per heavy atom. The zero-order chi connectivity index (χ0) is 13.6. The number of rotatable bonds is 2. The first-order chi connectivity index (χ1) is 8.28. The fourth-order valence-electron chi connectivity index (χ4n) is 3.79. The minimum Gasteiger partial charge on any atom is -0.361 e. The lowest BCUT2D eigenvalue weighted by Gasteiger charge is -2.37. The molecule has 2 aliphatic heterocycles. The van der Waals surface area contributed by atoms with Gasteiger partial charge in [0, 0.05) is 6.04 Å². The van der Waals surface area contributed by atoms with Gasteiger partial charge in [0.2, 0.25) is 0 Å². The molecule has 3 atom stereocenters. The van der Waals surface area contributed by atoms with Gasteiger partial charge in [-0.2, -0.15) is 0 Å². The molecule has 2 aliphatic rings. The summed E-state index contributed by atoms with van der Waals surface area (Å²) < 4.78 is 5.99. The number of hydrogen-bond donors (Lipinski definition) is 1. The molecule has 0 bridgehead atoms. The first-order valence-electron chi connectivity index (χ1n) is 7.26. The zero-order valence-corrected chi connectivity index (χ0v) is 12.4. The van der Waals surface area contributed by atoms with Gasteiger partial charge < -0.3 is 10.1 Å². The van der Waals surface area contributed by atoms with E-state index in [0.717, 1.165) is 18.9 Å². The Morgan fingerprint density at radius 2 is 2.00 bits per heavy atom. The van der Waals surface area contributed by atoms with Crippen molar-refractivity contribution in [3.8, 4) is 0 Å². The van der Waals surface area contributed by atoms with Crippen molar-refractivity contribution >= 4 is 5.78 Å². The highest BCUT2D eigenvalue weighted by molar-refractivity contribution is 5.92. The Kier molecular flexibility index (Phi) is 3.58. The highest BCUT2D eigenvalue weighted by Crippen LogP contribution is 2.43. The lowest BCUT2D eigenvalue weighted by molar-refractivity contribution is -0.132. The predicted molar refractivity (Wildman–Crippen MR) is 72.5 cm³/mol. The summed E-state index contributed by atoms with van der Waals surface area (Å²) >= 11 is 0. The van der Waals surface area contributed by atoms with Crippen molar-refractivity contribution in [2.75, 3.05) is 6.54 Å². The largest absolute Gasteiger partial charge is 0.361 e. The summed E-state index contributed by atoms with van der Waals surface area (Å²) in [4.78, 5) is 12.6. The number of nitrogens with one attached hydrogen (secondary N) is 1. The van der Waals surface area contributed by atoms with Crippen LogP contribution < -0.4 is 5.32 Å². The van der Waals surface area contributed by atoms with Crippen LogP contribution in [0.5, 0.6) is 0 Å². The molecular formula is C15H27NO2. The predicted octanol–water partition coefficient (Wildman–Crippen LogP) is 2.54. The van der Waals surface area contributed by atoms with Gasteiger partial charge in [0.15, 0.2) is 5.78 Å². The van der Waals surface area contributed by atoms with Crippen LogP contribution in [0.2, 0.25) is 0 Å². The topological polar surface area (TPSA) is 38.3 Å². The quantitative estimate of drug-likeness (QED) is 0.822. The van der Waals surface area contributed by atoms with Crippen molar-refractivity contribution in [3.05, 3.63) is 0 Å². The van der Waals surface area contributed by atoms with Crippen LogP contribution in [0.4, 0.5) is 0 Å². The van der Waals surface area contributed by atoms with Crippen molar-refractivity contribution in [2.24, 2.45) is 11.8 Å². The van der Waals surface area contributed by atoms with Crippen LogP contribution in [-0.2, 0) is 9.53 Å². The van der Waals surface area contributed by atoms with Gasteiger partial charge >= 0.3 is 0 Å². The van der Waals surface area contributed by atoms with Gasteiger partial charge in [0.25, 0.3) is 0 Å². The Hall–Kier alpha value is -0.410. The second-order valence-electron chi connectivity index (χ2n) is 6.92. The van der Waals surface area contributed by atoms with E-state index in [-0.39, 0.29) is 23.3 Å². The number of Topliss-reactive ketones (excluding diaryl/α,β-unsaturated/α-hetero) is 1. The highest BCUT2D eigenvalue weighted by atomic mass is 16.5. The molecule has 3 unspecified atom stereocenters. The number of piperidine rings is 1. The number of ether oxygens (including phenoxy) is 1. The smallest absolute Gasteiger partial charge is 0.171 e. The molecule has 104 valence electrons. The first kappa shape index (κ1) is 14.0. The van der Waals surface area contributed by atoms with Crippen LogP contribution in [0.25, 0.3) is 0 Å².